The van der Waals surface area contributed by atoms with Gasteiger partial charge in [-0.25, -0.2) is 15.0 Å². The predicted molar refractivity (Wildman–Crippen MR) is 136 cm³/mol. The molecule has 1 aromatic carbocycles. The minimum absolute atomic E-state index is 0.0856. The second-order valence-electron chi connectivity index (χ2n) is 7.25. The van der Waals surface area contributed by atoms with Crippen LogP contribution >= 0.6 is 0 Å². The number of pyridine rings is 1. The number of nitrogens with two attached hydrogens (primary N) is 1. The molecule has 11 nitrogen and oxygen atoms in total. The van der Waals surface area contributed by atoms with Crippen molar-refractivity contribution in [3.63, 3.8) is 0 Å². The Morgan fingerprint density at radius 1 is 1.21 bits per heavy atom. The van der Waals surface area contributed by atoms with Crippen molar-refractivity contribution in [1.29, 1.82) is 0 Å². The van der Waals surface area contributed by atoms with Gasteiger partial charge in [0.25, 0.3) is 11.2 Å². The fourth-order valence-electron chi connectivity index (χ4n) is 2.93. The van der Waals surface area contributed by atoms with E-state index in [1.165, 1.54) is 17.3 Å². The van der Waals surface area contributed by atoms with Crippen LogP contribution in [0.3, 0.4) is 0 Å². The lowest BCUT2D eigenvalue weighted by Crippen LogP contribution is -2.44. The summed E-state index contributed by atoms with van der Waals surface area (Å²) in [5.74, 6) is 6.77. The number of carbonyl (C=O) groups is 1. The number of likely N-dealkylation sites (N-methyl/N-ethyl adjacent to an activating group) is 1. The van der Waals surface area contributed by atoms with Crippen LogP contribution in [0.4, 0.5) is 11.5 Å². The third-order valence-electron chi connectivity index (χ3n) is 4.74. The fourth-order valence-corrected chi connectivity index (χ4v) is 3.41. The molecule has 2 aliphatic heterocycles. The van der Waals surface area contributed by atoms with Gasteiger partial charge in [0.05, 0.1) is 17.9 Å². The Balaban J connectivity index is 0.000000183. The Hall–Kier alpha value is -3.35. The zero-order chi connectivity index (χ0) is 24.9. The number of hydrogen-bond donors (Lipinski definition) is 2. The lowest BCUT2D eigenvalue weighted by Gasteiger charge is -2.33. The molecule has 0 amide bonds. The van der Waals surface area contributed by atoms with Gasteiger partial charge in [-0.2, -0.15) is 4.40 Å². The van der Waals surface area contributed by atoms with E-state index in [2.05, 4.69) is 36.7 Å². The van der Waals surface area contributed by atoms with Gasteiger partial charge < -0.3 is 24.7 Å². The molecular weight excluding hydrogens is 458 g/mol. The van der Waals surface area contributed by atoms with Crippen LogP contribution < -0.4 is 15.8 Å². The zero-order valence-corrected chi connectivity index (χ0v) is 20.4. The molecule has 1 atom stereocenters. The number of benzene rings is 1. The predicted octanol–water partition coefficient (Wildman–Crippen LogP) is 1.43. The highest BCUT2D eigenvalue weighted by molar-refractivity contribution is 7.83. The Labute approximate surface area is 202 Å². The van der Waals surface area contributed by atoms with Gasteiger partial charge in [-0.1, -0.05) is 12.1 Å². The molecule has 0 radical (unpaired) electrons. The summed E-state index contributed by atoms with van der Waals surface area (Å²) in [5.41, 5.74) is 0.671. The number of aromatic hydroxyl groups is 1. The second-order valence-corrected chi connectivity index (χ2v) is 8.10. The number of hydrazine groups is 1. The van der Waals surface area contributed by atoms with Crippen molar-refractivity contribution < 1.29 is 18.8 Å². The standard InChI is InChI=1S/C10H15N3.C8H10N2O2.C4H6N2O2S/c1-12-6-8-13(9-7-12)10-4-2-3-5-11-10;1-10(9)7-4-2-3-6(5-11)8(7)12;1-2-8-4-3-5-9(7)6-4/h2-5H,6-9H2,1H3;2-5,12H,9H2,1H3;3H,2H2,1H3. The summed E-state index contributed by atoms with van der Waals surface area (Å²) in [6.45, 7) is 6.81. The van der Waals surface area contributed by atoms with E-state index in [9.17, 15) is 14.1 Å². The SMILES string of the molecule is CCOC1=NS(=O)N=C1.CN(N)c1cccc(C=O)c1O.CN1CCN(c2ccccn2)CC1. The van der Waals surface area contributed by atoms with E-state index in [4.69, 9.17) is 10.6 Å². The van der Waals surface area contributed by atoms with Gasteiger partial charge in [0.15, 0.2) is 12.0 Å². The Bertz CT molecular complexity index is 994. The highest BCUT2D eigenvalue weighted by Crippen LogP contribution is 2.27. The normalized spacial score (nSPS) is 17.0. The average molecular weight is 490 g/mol. The lowest BCUT2D eigenvalue weighted by molar-refractivity contribution is 0.112. The van der Waals surface area contributed by atoms with Crippen LogP contribution in [-0.2, 0) is 15.9 Å². The van der Waals surface area contributed by atoms with Gasteiger partial charge in [-0.3, -0.25) is 4.79 Å². The molecule has 184 valence electrons. The van der Waals surface area contributed by atoms with Crippen molar-refractivity contribution in [2.24, 2.45) is 14.6 Å². The number of phenols is 1. The number of aldehydes is 1. The number of ether oxygens (including phenoxy) is 1. The maximum atomic E-state index is 10.4. The first-order chi connectivity index (χ1) is 16.3. The van der Waals surface area contributed by atoms with Crippen molar-refractivity contribution in [2.45, 2.75) is 6.92 Å². The summed E-state index contributed by atoms with van der Waals surface area (Å²) in [7, 11) is 3.75. The number of hydrogen-bond acceptors (Lipinski definition) is 9. The highest BCUT2D eigenvalue weighted by Gasteiger charge is 2.14. The smallest absolute Gasteiger partial charge is 0.269 e. The van der Waals surface area contributed by atoms with Crippen LogP contribution in [0.15, 0.2) is 51.4 Å². The molecule has 2 aromatic rings. The molecule has 1 saturated heterocycles. The molecule has 1 unspecified atom stereocenters. The molecule has 12 heteroatoms. The maximum absolute atomic E-state index is 10.4. The molecule has 0 saturated carbocycles. The fraction of sp³-hybridized carbons (Fsp3) is 0.364. The van der Waals surface area contributed by atoms with Gasteiger partial charge in [0.1, 0.15) is 12.0 Å². The molecule has 3 N–H and O–H groups in total. The molecule has 4 rings (SSSR count). The summed E-state index contributed by atoms with van der Waals surface area (Å²) in [6, 6.07) is 10.9. The van der Waals surface area contributed by atoms with Crippen molar-refractivity contribution in [1.82, 2.24) is 9.88 Å². The van der Waals surface area contributed by atoms with Crippen LogP contribution in [0.5, 0.6) is 5.75 Å². The number of anilines is 2. The number of rotatable bonds is 4. The highest BCUT2D eigenvalue weighted by atomic mass is 32.2. The molecule has 1 aromatic heterocycles. The molecule has 0 spiro atoms. The van der Waals surface area contributed by atoms with Crippen molar-refractivity contribution in [3.8, 4) is 5.75 Å². The summed E-state index contributed by atoms with van der Waals surface area (Å²) >= 11 is -1.42. The largest absolute Gasteiger partial charge is 0.505 e. The van der Waals surface area contributed by atoms with E-state index >= 15 is 0 Å². The molecule has 2 aliphatic rings. The van der Waals surface area contributed by atoms with Crippen molar-refractivity contribution >= 4 is 41.1 Å². The molecule has 3 heterocycles. The van der Waals surface area contributed by atoms with E-state index < -0.39 is 11.2 Å². The van der Waals surface area contributed by atoms with Gasteiger partial charge in [-0.05, 0) is 38.2 Å². The summed E-state index contributed by atoms with van der Waals surface area (Å²) in [4.78, 5) is 19.4. The van der Waals surface area contributed by atoms with Crippen molar-refractivity contribution in [2.75, 3.05) is 56.8 Å². The summed E-state index contributed by atoms with van der Waals surface area (Å²) in [6.07, 6.45) is 3.80. The third-order valence-corrected chi connectivity index (χ3v) is 5.36. The first kappa shape index (κ1) is 26.9. The minimum atomic E-state index is -1.42. The molecular formula is C22H31N7O4S. The first-order valence-electron chi connectivity index (χ1n) is 10.6. The van der Waals surface area contributed by atoms with Gasteiger partial charge in [0, 0.05) is 39.4 Å². The van der Waals surface area contributed by atoms with E-state index in [1.54, 1.807) is 19.2 Å². The van der Waals surface area contributed by atoms with Gasteiger partial charge >= 0.3 is 0 Å². The van der Waals surface area contributed by atoms with E-state index in [0.29, 0.717) is 24.5 Å². The van der Waals surface area contributed by atoms with Crippen molar-refractivity contribution in [3.05, 3.63) is 48.2 Å². The maximum Gasteiger partial charge on any atom is 0.269 e. The second kappa shape index (κ2) is 14.0. The number of carbonyl (C=O) groups excluding carboxylic acids is 1. The third kappa shape index (κ3) is 8.54. The van der Waals surface area contributed by atoms with Crippen LogP contribution in [0.25, 0.3) is 0 Å². The number of phenolic OH excluding ortho intramolecular Hbond substituents is 1. The topological polar surface area (TPSA) is 137 Å². The Morgan fingerprint density at radius 3 is 2.47 bits per heavy atom. The Morgan fingerprint density at radius 2 is 1.94 bits per heavy atom. The number of aromatic nitrogens is 1. The monoisotopic (exact) mass is 489 g/mol. The lowest BCUT2D eigenvalue weighted by atomic mass is 10.2. The zero-order valence-electron chi connectivity index (χ0n) is 19.6. The number of nitrogens with zero attached hydrogens (tertiary/aromatic N) is 6. The molecule has 34 heavy (non-hydrogen) atoms. The summed E-state index contributed by atoms with van der Waals surface area (Å²) in [5, 5.41) is 10.7. The molecule has 0 aliphatic carbocycles. The minimum Gasteiger partial charge on any atom is -0.505 e. The van der Waals surface area contributed by atoms with Crippen LogP contribution in [0.2, 0.25) is 0 Å². The molecule has 0 bridgehead atoms. The summed E-state index contributed by atoms with van der Waals surface area (Å²) < 4.78 is 22.2. The van der Waals surface area contributed by atoms with E-state index in [-0.39, 0.29) is 11.3 Å². The average Bonchev–Trinajstić information content (AvgIpc) is 3.26. The Kier molecular flexibility index (Phi) is 11.1. The quantitative estimate of drug-likeness (QED) is 0.371. The van der Waals surface area contributed by atoms with E-state index in [1.807, 2.05) is 25.3 Å². The van der Waals surface area contributed by atoms with E-state index in [0.717, 1.165) is 32.0 Å². The van der Waals surface area contributed by atoms with Crippen LogP contribution in [0, 0.1) is 0 Å². The van der Waals surface area contributed by atoms with Gasteiger partial charge in [0.2, 0.25) is 5.90 Å². The van der Waals surface area contributed by atoms with Crippen LogP contribution in [-0.4, -0.2) is 84.5 Å². The number of piperazine rings is 1. The first-order valence-corrected chi connectivity index (χ1v) is 11.7. The number of para-hydroxylation sites is 1. The van der Waals surface area contributed by atoms with Gasteiger partial charge in [-0.15, -0.1) is 4.40 Å². The molecule has 1 fully saturated rings. The van der Waals surface area contributed by atoms with Crippen LogP contribution in [0.1, 0.15) is 17.3 Å².